The van der Waals surface area contributed by atoms with Crippen LogP contribution in [0.5, 0.6) is 0 Å². The molecule has 0 spiro atoms. The van der Waals surface area contributed by atoms with E-state index < -0.39 is 8.46 Å². The van der Waals surface area contributed by atoms with Crippen LogP contribution in [0.1, 0.15) is 28.8 Å². The summed E-state index contributed by atoms with van der Waals surface area (Å²) in [6.45, 7) is 2.04. The van der Waals surface area contributed by atoms with Gasteiger partial charge in [-0.15, -0.1) is 0 Å². The van der Waals surface area contributed by atoms with Crippen LogP contribution in [0, 0.1) is 6.92 Å². The molecule has 0 unspecified atom stereocenters. The fourth-order valence-electron chi connectivity index (χ4n) is 2.03. The average Bonchev–Trinajstić information content (AvgIpc) is 2.65. The lowest BCUT2D eigenvalue weighted by Crippen LogP contribution is -2.11. The van der Waals surface area contributed by atoms with Crippen LogP contribution in [0.3, 0.4) is 0 Å². The zero-order chi connectivity index (χ0) is 11.6. The topological polar surface area (TPSA) is 17.1 Å². The molecule has 88 valence electrons. The first-order valence-corrected chi connectivity index (χ1v) is 9.63. The molecule has 0 radical (unpaired) electrons. The number of Topliss-reactive ketones (excluding diaryl/α,β-unsaturated/α-hetero) is 1. The van der Waals surface area contributed by atoms with Gasteiger partial charge >= 0.3 is 0 Å². The Balaban J connectivity index is 2.05. The SMILES string of the molecule is Cc1ccc(C(=O)CS2(Br)CCCC2)cc1. The Bertz CT molecular complexity index is 379. The smallest absolute Gasteiger partial charge is 0.171 e. The summed E-state index contributed by atoms with van der Waals surface area (Å²) in [5, 5.41) is 0. The van der Waals surface area contributed by atoms with E-state index in [1.165, 1.54) is 29.9 Å². The summed E-state index contributed by atoms with van der Waals surface area (Å²) in [5.74, 6) is 3.44. The fraction of sp³-hybridized carbons (Fsp3) is 0.462. The highest BCUT2D eigenvalue weighted by atomic mass is 79.9. The minimum atomic E-state index is -0.798. The maximum atomic E-state index is 12.1. The van der Waals surface area contributed by atoms with E-state index in [2.05, 4.69) is 14.8 Å². The maximum absolute atomic E-state index is 12.1. The van der Waals surface area contributed by atoms with Gasteiger partial charge in [0.25, 0.3) is 0 Å². The second-order valence-corrected chi connectivity index (χ2v) is 11.6. The van der Waals surface area contributed by atoms with Crippen molar-refractivity contribution in [2.75, 3.05) is 17.3 Å². The van der Waals surface area contributed by atoms with Crippen LogP contribution in [0.4, 0.5) is 0 Å². The average molecular weight is 301 g/mol. The van der Waals surface area contributed by atoms with E-state index >= 15 is 0 Å². The van der Waals surface area contributed by atoms with Crippen LogP contribution < -0.4 is 0 Å². The van der Waals surface area contributed by atoms with Crippen molar-refractivity contribution in [1.82, 2.24) is 0 Å². The quantitative estimate of drug-likeness (QED) is 0.769. The Morgan fingerprint density at radius 3 is 2.38 bits per heavy atom. The van der Waals surface area contributed by atoms with Crippen molar-refractivity contribution in [2.45, 2.75) is 19.8 Å². The molecule has 1 aromatic carbocycles. The fourth-order valence-corrected chi connectivity index (χ4v) is 6.60. The lowest BCUT2D eigenvalue weighted by molar-refractivity contribution is 0.102. The number of carbonyl (C=O) groups is 1. The van der Waals surface area contributed by atoms with Gasteiger partial charge in [-0.2, -0.15) is 8.46 Å². The zero-order valence-electron chi connectivity index (χ0n) is 9.54. The molecule has 1 fully saturated rings. The molecule has 1 heterocycles. The minimum Gasteiger partial charge on any atom is -0.293 e. The molecule has 1 saturated heterocycles. The van der Waals surface area contributed by atoms with Crippen molar-refractivity contribution < 1.29 is 4.79 Å². The first-order chi connectivity index (χ1) is 7.59. The Morgan fingerprint density at radius 2 is 1.81 bits per heavy atom. The lowest BCUT2D eigenvalue weighted by atomic mass is 10.1. The molecule has 0 saturated carbocycles. The second-order valence-electron chi connectivity index (χ2n) is 4.49. The Hall–Kier alpha value is -0.280. The standard InChI is InChI=1S/C13H17BrOS/c1-11-4-6-12(7-5-11)13(15)10-16(14)8-2-3-9-16/h4-7H,2-3,8-10H2,1H3. The van der Waals surface area contributed by atoms with Crippen LogP contribution in [-0.4, -0.2) is 23.0 Å². The number of rotatable bonds is 3. The molecule has 0 aliphatic carbocycles. The normalized spacial score (nSPS) is 20.6. The van der Waals surface area contributed by atoms with Crippen molar-refractivity contribution in [3.63, 3.8) is 0 Å². The summed E-state index contributed by atoms with van der Waals surface area (Å²) in [6, 6.07) is 7.92. The van der Waals surface area contributed by atoms with Crippen molar-refractivity contribution in [1.29, 1.82) is 0 Å². The van der Waals surface area contributed by atoms with Gasteiger partial charge in [0.1, 0.15) is 0 Å². The predicted octanol–water partition coefficient (Wildman–Crippen LogP) is 4.09. The van der Waals surface area contributed by atoms with Crippen LogP contribution >= 0.6 is 23.3 Å². The summed E-state index contributed by atoms with van der Waals surface area (Å²) >= 11 is 3.82. The Morgan fingerprint density at radius 1 is 1.25 bits per heavy atom. The van der Waals surface area contributed by atoms with E-state index in [0.29, 0.717) is 5.78 Å². The Labute approximate surface area is 106 Å². The molecule has 3 heteroatoms. The highest BCUT2D eigenvalue weighted by Crippen LogP contribution is 2.60. The largest absolute Gasteiger partial charge is 0.293 e. The first-order valence-electron chi connectivity index (χ1n) is 5.65. The minimum absolute atomic E-state index is 0.300. The number of carbonyl (C=O) groups excluding carboxylic acids is 1. The number of ketones is 1. The Kier molecular flexibility index (Phi) is 3.75. The van der Waals surface area contributed by atoms with Gasteiger partial charge in [0.15, 0.2) is 5.78 Å². The van der Waals surface area contributed by atoms with Crippen LogP contribution in [0.25, 0.3) is 0 Å². The maximum Gasteiger partial charge on any atom is 0.171 e. The molecule has 16 heavy (non-hydrogen) atoms. The second kappa shape index (κ2) is 4.92. The van der Waals surface area contributed by atoms with E-state index in [9.17, 15) is 4.79 Å². The van der Waals surface area contributed by atoms with Gasteiger partial charge in [0.05, 0.1) is 5.75 Å². The summed E-state index contributed by atoms with van der Waals surface area (Å²) in [6.07, 6.45) is 2.56. The van der Waals surface area contributed by atoms with Crippen molar-refractivity contribution >= 4 is 29.1 Å². The van der Waals surface area contributed by atoms with Crippen molar-refractivity contribution in [2.24, 2.45) is 0 Å². The van der Waals surface area contributed by atoms with Gasteiger partial charge < -0.3 is 0 Å². The summed E-state index contributed by atoms with van der Waals surface area (Å²) in [4.78, 5) is 12.1. The number of halogens is 1. The van der Waals surface area contributed by atoms with Gasteiger partial charge in [-0.3, -0.25) is 4.79 Å². The molecule has 0 aromatic heterocycles. The van der Waals surface area contributed by atoms with E-state index in [-0.39, 0.29) is 0 Å². The molecule has 1 aliphatic heterocycles. The molecule has 0 N–H and O–H groups in total. The van der Waals surface area contributed by atoms with E-state index in [1.807, 2.05) is 31.2 Å². The number of hydrogen-bond acceptors (Lipinski definition) is 1. The molecule has 2 rings (SSSR count). The number of aryl methyl sites for hydroxylation is 1. The monoisotopic (exact) mass is 300 g/mol. The molecular weight excluding hydrogens is 284 g/mol. The highest BCUT2D eigenvalue weighted by molar-refractivity contribution is 9.58. The van der Waals surface area contributed by atoms with Gasteiger partial charge in [-0.05, 0) is 46.1 Å². The van der Waals surface area contributed by atoms with Crippen LogP contribution in [0.2, 0.25) is 0 Å². The van der Waals surface area contributed by atoms with Crippen molar-refractivity contribution in [3.05, 3.63) is 35.4 Å². The molecule has 1 aliphatic rings. The van der Waals surface area contributed by atoms with Crippen molar-refractivity contribution in [3.8, 4) is 0 Å². The molecule has 1 nitrogen and oxygen atoms in total. The van der Waals surface area contributed by atoms with E-state index in [1.54, 1.807) is 0 Å². The summed E-state index contributed by atoms with van der Waals surface area (Å²) in [5.41, 5.74) is 2.07. The van der Waals surface area contributed by atoms with E-state index in [0.717, 1.165) is 11.3 Å². The van der Waals surface area contributed by atoms with Gasteiger partial charge in [-0.1, -0.05) is 29.8 Å². The lowest BCUT2D eigenvalue weighted by Gasteiger charge is -2.26. The molecular formula is C13H17BrOS. The predicted molar refractivity (Wildman–Crippen MR) is 75.9 cm³/mol. The third-order valence-electron chi connectivity index (χ3n) is 3.03. The van der Waals surface area contributed by atoms with Gasteiger partial charge in [0.2, 0.25) is 0 Å². The molecule has 0 amide bonds. The first kappa shape index (κ1) is 12.2. The zero-order valence-corrected chi connectivity index (χ0v) is 11.9. The third-order valence-corrected chi connectivity index (χ3v) is 8.48. The van der Waals surface area contributed by atoms with Gasteiger partial charge in [0, 0.05) is 5.56 Å². The summed E-state index contributed by atoms with van der Waals surface area (Å²) in [7, 11) is -0.798. The summed E-state index contributed by atoms with van der Waals surface area (Å²) < 4.78 is 0. The highest BCUT2D eigenvalue weighted by Gasteiger charge is 2.28. The van der Waals surface area contributed by atoms with E-state index in [4.69, 9.17) is 0 Å². The number of benzene rings is 1. The van der Waals surface area contributed by atoms with Crippen LogP contribution in [-0.2, 0) is 0 Å². The van der Waals surface area contributed by atoms with Gasteiger partial charge in [-0.25, -0.2) is 0 Å². The molecule has 1 aromatic rings. The molecule has 0 atom stereocenters. The van der Waals surface area contributed by atoms with Crippen LogP contribution in [0.15, 0.2) is 24.3 Å². The number of hydrogen-bond donors (Lipinski definition) is 0. The third kappa shape index (κ3) is 2.89. The molecule has 0 bridgehead atoms.